The summed E-state index contributed by atoms with van der Waals surface area (Å²) in [5, 5.41) is 9.01. The molecule has 0 aliphatic rings. The Morgan fingerprint density at radius 3 is 2.45 bits per heavy atom. The molecule has 1 aromatic heterocycles. The molecular weight excluding hydrogens is 254 g/mol. The van der Waals surface area contributed by atoms with Crippen LogP contribution in [0.2, 0.25) is 0 Å². The van der Waals surface area contributed by atoms with Gasteiger partial charge in [0.05, 0.1) is 12.3 Å². The van der Waals surface area contributed by atoms with Crippen LogP contribution in [0.4, 0.5) is 0 Å². The lowest BCUT2D eigenvalue weighted by Gasteiger charge is -2.14. The number of aryl methyl sites for hydroxylation is 1. The maximum atomic E-state index is 12.5. The van der Waals surface area contributed by atoms with Gasteiger partial charge >= 0.3 is 5.97 Å². The molecule has 20 heavy (non-hydrogen) atoms. The average Bonchev–Trinajstić information content (AvgIpc) is 2.45. The highest BCUT2D eigenvalue weighted by atomic mass is 16.4. The lowest BCUT2D eigenvalue weighted by atomic mass is 9.89. The molecule has 0 saturated carbocycles. The van der Waals surface area contributed by atoms with E-state index in [1.807, 2.05) is 19.1 Å². The van der Waals surface area contributed by atoms with E-state index < -0.39 is 11.9 Å². The third-order valence-corrected chi connectivity index (χ3v) is 3.12. The quantitative estimate of drug-likeness (QED) is 0.847. The Hall–Kier alpha value is -2.49. The van der Waals surface area contributed by atoms with E-state index in [1.54, 1.807) is 36.7 Å². The number of ketones is 1. The Morgan fingerprint density at radius 1 is 1.20 bits per heavy atom. The first-order valence-corrected chi connectivity index (χ1v) is 6.30. The Morgan fingerprint density at radius 2 is 1.90 bits per heavy atom. The zero-order chi connectivity index (χ0) is 14.5. The molecule has 0 saturated heterocycles. The van der Waals surface area contributed by atoms with E-state index in [2.05, 4.69) is 4.98 Å². The highest BCUT2D eigenvalue weighted by Gasteiger charge is 2.24. The van der Waals surface area contributed by atoms with Crippen molar-refractivity contribution in [3.05, 3.63) is 65.5 Å². The molecule has 102 valence electrons. The van der Waals surface area contributed by atoms with Gasteiger partial charge in [-0.1, -0.05) is 35.9 Å². The number of hydrogen-bond acceptors (Lipinski definition) is 3. The van der Waals surface area contributed by atoms with Crippen LogP contribution in [-0.2, 0) is 4.79 Å². The van der Waals surface area contributed by atoms with E-state index in [-0.39, 0.29) is 12.2 Å². The fourth-order valence-electron chi connectivity index (χ4n) is 2.04. The molecular formula is C16H15NO3. The minimum Gasteiger partial charge on any atom is -0.481 e. The number of rotatable bonds is 5. The van der Waals surface area contributed by atoms with Crippen molar-refractivity contribution in [2.24, 2.45) is 0 Å². The number of Topliss-reactive ketones (excluding diaryl/α,β-unsaturated/α-hetero) is 1. The summed E-state index contributed by atoms with van der Waals surface area (Å²) < 4.78 is 0. The van der Waals surface area contributed by atoms with Crippen LogP contribution in [0.15, 0.2) is 48.8 Å². The number of aromatic nitrogens is 1. The largest absolute Gasteiger partial charge is 0.481 e. The number of benzene rings is 1. The number of hydrogen-bond donors (Lipinski definition) is 1. The summed E-state index contributed by atoms with van der Waals surface area (Å²) in [5.41, 5.74) is 2.20. The van der Waals surface area contributed by atoms with Gasteiger partial charge in [-0.2, -0.15) is 0 Å². The van der Waals surface area contributed by atoms with Gasteiger partial charge in [0.15, 0.2) is 5.78 Å². The first-order chi connectivity index (χ1) is 9.58. The monoisotopic (exact) mass is 269 g/mol. The van der Waals surface area contributed by atoms with Crippen molar-refractivity contribution in [3.8, 4) is 0 Å². The first-order valence-electron chi connectivity index (χ1n) is 6.30. The summed E-state index contributed by atoms with van der Waals surface area (Å²) in [7, 11) is 0. The number of aliphatic carboxylic acids is 1. The van der Waals surface area contributed by atoms with Gasteiger partial charge in [-0.3, -0.25) is 14.6 Å². The zero-order valence-electron chi connectivity index (χ0n) is 11.1. The summed E-state index contributed by atoms with van der Waals surface area (Å²) in [6.45, 7) is 1.93. The Labute approximate surface area is 117 Å². The molecule has 1 aromatic carbocycles. The van der Waals surface area contributed by atoms with E-state index in [9.17, 15) is 9.59 Å². The summed E-state index contributed by atoms with van der Waals surface area (Å²) in [6, 6.07) is 10.6. The van der Waals surface area contributed by atoms with Crippen molar-refractivity contribution in [3.63, 3.8) is 0 Å². The molecule has 1 N–H and O–H groups in total. The van der Waals surface area contributed by atoms with Crippen LogP contribution in [0.1, 0.15) is 33.8 Å². The summed E-state index contributed by atoms with van der Waals surface area (Å²) >= 11 is 0. The molecule has 0 fully saturated rings. The van der Waals surface area contributed by atoms with E-state index in [0.29, 0.717) is 11.1 Å². The summed E-state index contributed by atoms with van der Waals surface area (Å²) in [6.07, 6.45) is 2.90. The van der Waals surface area contributed by atoms with Gasteiger partial charge in [0, 0.05) is 18.0 Å². The van der Waals surface area contributed by atoms with Gasteiger partial charge in [0.2, 0.25) is 0 Å². The molecule has 1 atom stereocenters. The molecule has 4 heteroatoms. The van der Waals surface area contributed by atoms with Crippen LogP contribution in [-0.4, -0.2) is 21.8 Å². The molecule has 0 spiro atoms. The molecule has 0 amide bonds. The maximum Gasteiger partial charge on any atom is 0.304 e. The maximum absolute atomic E-state index is 12.5. The minimum atomic E-state index is -1.00. The van der Waals surface area contributed by atoms with Crippen LogP contribution in [0.3, 0.4) is 0 Å². The highest BCUT2D eigenvalue weighted by molar-refractivity contribution is 6.02. The van der Waals surface area contributed by atoms with Crippen LogP contribution in [0, 0.1) is 6.92 Å². The summed E-state index contributed by atoms with van der Waals surface area (Å²) in [4.78, 5) is 27.5. The van der Waals surface area contributed by atoms with Gasteiger partial charge in [0.25, 0.3) is 0 Å². The Balaban J connectivity index is 2.34. The third-order valence-electron chi connectivity index (χ3n) is 3.12. The molecule has 0 aliphatic carbocycles. The number of carbonyl (C=O) groups excluding carboxylic acids is 1. The number of pyridine rings is 1. The second-order valence-electron chi connectivity index (χ2n) is 4.67. The lowest BCUT2D eigenvalue weighted by molar-refractivity contribution is -0.137. The second-order valence-corrected chi connectivity index (χ2v) is 4.67. The Kier molecular flexibility index (Phi) is 4.25. The molecule has 2 rings (SSSR count). The van der Waals surface area contributed by atoms with Crippen molar-refractivity contribution < 1.29 is 14.7 Å². The fourth-order valence-corrected chi connectivity index (χ4v) is 2.04. The van der Waals surface area contributed by atoms with Crippen molar-refractivity contribution in [1.82, 2.24) is 4.98 Å². The van der Waals surface area contributed by atoms with Gasteiger partial charge < -0.3 is 5.11 Å². The predicted molar refractivity (Wildman–Crippen MR) is 74.7 cm³/mol. The van der Waals surface area contributed by atoms with Crippen molar-refractivity contribution in [2.75, 3.05) is 0 Å². The minimum absolute atomic E-state index is 0.194. The van der Waals surface area contributed by atoms with E-state index in [0.717, 1.165) is 5.56 Å². The molecule has 4 nitrogen and oxygen atoms in total. The predicted octanol–water partition coefficient (Wildman–Crippen LogP) is 2.83. The van der Waals surface area contributed by atoms with E-state index >= 15 is 0 Å². The van der Waals surface area contributed by atoms with Crippen molar-refractivity contribution in [1.29, 1.82) is 0 Å². The van der Waals surface area contributed by atoms with Crippen LogP contribution in [0.5, 0.6) is 0 Å². The van der Waals surface area contributed by atoms with Gasteiger partial charge in [0.1, 0.15) is 0 Å². The molecule has 0 bridgehead atoms. The number of carbonyl (C=O) groups is 2. The number of carboxylic acids is 1. The number of carboxylic acid groups (broad SMARTS) is 1. The molecule has 2 aromatic rings. The average molecular weight is 269 g/mol. The molecule has 0 radical (unpaired) electrons. The fraction of sp³-hybridized carbons (Fsp3) is 0.188. The topological polar surface area (TPSA) is 67.3 Å². The second kappa shape index (κ2) is 6.10. The number of nitrogens with zero attached hydrogens (tertiary/aromatic N) is 1. The standard InChI is InChI=1S/C16H15NO3/c1-11-4-6-12(7-5-11)16(20)14(9-15(18)19)13-3-2-8-17-10-13/h2-8,10,14H,9H2,1H3,(H,18,19). The highest BCUT2D eigenvalue weighted by Crippen LogP contribution is 2.24. The van der Waals surface area contributed by atoms with Crippen LogP contribution < -0.4 is 0 Å². The Bertz CT molecular complexity index is 605. The zero-order valence-corrected chi connectivity index (χ0v) is 11.1. The van der Waals surface area contributed by atoms with Crippen molar-refractivity contribution >= 4 is 11.8 Å². The van der Waals surface area contributed by atoms with Crippen molar-refractivity contribution in [2.45, 2.75) is 19.3 Å². The normalized spacial score (nSPS) is 11.8. The lowest BCUT2D eigenvalue weighted by Crippen LogP contribution is -2.17. The first kappa shape index (κ1) is 13.9. The smallest absolute Gasteiger partial charge is 0.304 e. The van der Waals surface area contributed by atoms with Crippen LogP contribution in [0.25, 0.3) is 0 Å². The third kappa shape index (κ3) is 3.29. The van der Waals surface area contributed by atoms with Gasteiger partial charge in [-0.25, -0.2) is 0 Å². The molecule has 1 unspecified atom stereocenters. The molecule has 1 heterocycles. The van der Waals surface area contributed by atoms with E-state index in [4.69, 9.17) is 5.11 Å². The SMILES string of the molecule is Cc1ccc(C(=O)C(CC(=O)O)c2cccnc2)cc1. The van der Waals surface area contributed by atoms with Gasteiger partial charge in [-0.05, 0) is 18.6 Å². The summed E-state index contributed by atoms with van der Waals surface area (Å²) in [5.74, 6) is -1.90. The van der Waals surface area contributed by atoms with Gasteiger partial charge in [-0.15, -0.1) is 0 Å². The molecule has 0 aliphatic heterocycles. The van der Waals surface area contributed by atoms with E-state index in [1.165, 1.54) is 0 Å². The van der Waals surface area contributed by atoms with Crippen LogP contribution >= 0.6 is 0 Å².